The molecule has 2 aromatic heterocycles. The molecule has 0 radical (unpaired) electrons. The molecule has 3 aromatic rings. The number of likely N-dealkylation sites (tertiary alicyclic amines) is 1. The molecule has 7 heteroatoms. The van der Waals surface area contributed by atoms with Crippen LogP contribution in [0.15, 0.2) is 23.0 Å². The van der Waals surface area contributed by atoms with Crippen LogP contribution in [0.3, 0.4) is 0 Å². The standard InChI is InChI=1S/C19H21N5O2/c1-10-6-7-13-14(9-11(2)20-16(13)12(10)3)18(25)24-8-4-5-15(24)17-21-19(26)23-22-17/h6-7,9,15H,4-5,8H2,1-3H3,(H2,21,22,23,26)/t15-/m1/s1. The van der Waals surface area contributed by atoms with Gasteiger partial charge in [-0.15, -0.1) is 0 Å². The molecule has 26 heavy (non-hydrogen) atoms. The number of pyridine rings is 1. The number of aromatic amines is 2. The summed E-state index contributed by atoms with van der Waals surface area (Å²) < 4.78 is 0. The van der Waals surface area contributed by atoms with Crippen LogP contribution in [0.1, 0.15) is 51.9 Å². The number of nitrogens with one attached hydrogen (secondary N) is 2. The molecule has 4 rings (SSSR count). The summed E-state index contributed by atoms with van der Waals surface area (Å²) in [5.74, 6) is 0.470. The van der Waals surface area contributed by atoms with E-state index >= 15 is 0 Å². The Labute approximate surface area is 150 Å². The fourth-order valence-electron chi connectivity index (χ4n) is 3.72. The van der Waals surface area contributed by atoms with Crippen LogP contribution < -0.4 is 5.69 Å². The van der Waals surface area contributed by atoms with Gasteiger partial charge in [0.1, 0.15) is 0 Å². The van der Waals surface area contributed by atoms with Crippen LogP contribution in [0.2, 0.25) is 0 Å². The molecule has 0 saturated carbocycles. The smallest absolute Gasteiger partial charge is 0.328 e. The maximum absolute atomic E-state index is 13.4. The highest BCUT2D eigenvalue weighted by Crippen LogP contribution is 2.33. The number of hydrogen-bond donors (Lipinski definition) is 2. The lowest BCUT2D eigenvalue weighted by atomic mass is 10.00. The first-order valence-corrected chi connectivity index (χ1v) is 8.79. The van der Waals surface area contributed by atoms with Gasteiger partial charge >= 0.3 is 5.69 Å². The molecule has 1 aromatic carbocycles. The minimum Gasteiger partial charge on any atom is -0.328 e. The molecule has 1 fully saturated rings. The Hall–Kier alpha value is -2.96. The van der Waals surface area contributed by atoms with Gasteiger partial charge in [0.25, 0.3) is 5.91 Å². The summed E-state index contributed by atoms with van der Waals surface area (Å²) in [5.41, 5.74) is 4.24. The zero-order chi connectivity index (χ0) is 18.4. The lowest BCUT2D eigenvalue weighted by Gasteiger charge is -2.24. The van der Waals surface area contributed by atoms with Crippen LogP contribution in [0.25, 0.3) is 10.9 Å². The van der Waals surface area contributed by atoms with E-state index in [1.807, 2.05) is 39.0 Å². The molecule has 2 N–H and O–H groups in total. The lowest BCUT2D eigenvalue weighted by Crippen LogP contribution is -2.31. The molecule has 1 saturated heterocycles. The SMILES string of the molecule is Cc1cc(C(=O)N2CCC[C@@H]2c2n[nH]c(=O)[nH]2)c2ccc(C)c(C)c2n1. The Morgan fingerprint density at radius 2 is 2.08 bits per heavy atom. The van der Waals surface area contributed by atoms with Crippen LogP contribution in [0.5, 0.6) is 0 Å². The van der Waals surface area contributed by atoms with E-state index < -0.39 is 0 Å². The van der Waals surface area contributed by atoms with Gasteiger partial charge in [0.2, 0.25) is 0 Å². The summed E-state index contributed by atoms with van der Waals surface area (Å²) in [6.45, 7) is 6.63. The van der Waals surface area contributed by atoms with Gasteiger partial charge in [0.05, 0.1) is 17.1 Å². The van der Waals surface area contributed by atoms with E-state index in [-0.39, 0.29) is 17.6 Å². The second-order valence-corrected chi connectivity index (χ2v) is 6.93. The molecular formula is C19H21N5O2. The Morgan fingerprint density at radius 3 is 2.81 bits per heavy atom. The first-order chi connectivity index (χ1) is 12.5. The highest BCUT2D eigenvalue weighted by molar-refractivity contribution is 6.07. The number of carbonyl (C=O) groups excluding carboxylic acids is 1. The number of amides is 1. The maximum Gasteiger partial charge on any atom is 0.340 e. The van der Waals surface area contributed by atoms with Crippen molar-refractivity contribution in [2.45, 2.75) is 39.7 Å². The van der Waals surface area contributed by atoms with Crippen molar-refractivity contribution in [3.05, 3.63) is 56.9 Å². The number of carbonyl (C=O) groups is 1. The van der Waals surface area contributed by atoms with Crippen molar-refractivity contribution in [1.82, 2.24) is 25.1 Å². The molecule has 0 unspecified atom stereocenters. The summed E-state index contributed by atoms with van der Waals surface area (Å²) in [4.78, 5) is 33.9. The number of H-pyrrole nitrogens is 2. The number of aromatic nitrogens is 4. The maximum atomic E-state index is 13.4. The third kappa shape index (κ3) is 2.60. The zero-order valence-corrected chi connectivity index (χ0v) is 15.1. The Kier molecular flexibility index (Phi) is 3.86. The van der Waals surface area contributed by atoms with Crippen molar-refractivity contribution in [2.75, 3.05) is 6.54 Å². The van der Waals surface area contributed by atoms with Gasteiger partial charge in [0, 0.05) is 17.6 Å². The number of rotatable bonds is 2. The Balaban J connectivity index is 1.81. The first kappa shape index (κ1) is 16.5. The van der Waals surface area contributed by atoms with Gasteiger partial charge in [0.15, 0.2) is 5.82 Å². The molecule has 1 aliphatic heterocycles. The molecule has 0 aliphatic carbocycles. The van der Waals surface area contributed by atoms with Gasteiger partial charge in [-0.05, 0) is 50.8 Å². The summed E-state index contributed by atoms with van der Waals surface area (Å²) in [5, 5.41) is 7.28. The monoisotopic (exact) mass is 351 g/mol. The van der Waals surface area contributed by atoms with Crippen LogP contribution in [0, 0.1) is 20.8 Å². The second kappa shape index (κ2) is 6.09. The molecule has 0 bridgehead atoms. The van der Waals surface area contributed by atoms with Crippen molar-refractivity contribution in [2.24, 2.45) is 0 Å². The lowest BCUT2D eigenvalue weighted by molar-refractivity contribution is 0.0732. The van der Waals surface area contributed by atoms with Crippen molar-refractivity contribution < 1.29 is 4.79 Å². The van der Waals surface area contributed by atoms with Gasteiger partial charge in [-0.25, -0.2) is 9.89 Å². The van der Waals surface area contributed by atoms with Crippen LogP contribution in [0.4, 0.5) is 0 Å². The van der Waals surface area contributed by atoms with E-state index in [0.717, 1.165) is 40.6 Å². The third-order valence-corrected chi connectivity index (χ3v) is 5.21. The minimum absolute atomic E-state index is 0.0462. The van der Waals surface area contributed by atoms with Crippen molar-refractivity contribution >= 4 is 16.8 Å². The molecular weight excluding hydrogens is 330 g/mol. The quantitative estimate of drug-likeness (QED) is 0.742. The summed E-state index contributed by atoms with van der Waals surface area (Å²) in [6, 6.07) is 5.63. The first-order valence-electron chi connectivity index (χ1n) is 8.79. The topological polar surface area (TPSA) is 94.7 Å². The van der Waals surface area contributed by atoms with Gasteiger partial charge in [-0.3, -0.25) is 14.8 Å². The molecule has 134 valence electrons. The minimum atomic E-state index is -0.351. The number of nitrogens with zero attached hydrogens (tertiary/aromatic N) is 3. The van der Waals surface area contributed by atoms with Gasteiger partial charge < -0.3 is 4.90 Å². The number of hydrogen-bond acceptors (Lipinski definition) is 4. The number of aryl methyl sites for hydroxylation is 3. The zero-order valence-electron chi connectivity index (χ0n) is 15.1. The highest BCUT2D eigenvalue weighted by Gasteiger charge is 2.33. The second-order valence-electron chi connectivity index (χ2n) is 6.93. The molecule has 7 nitrogen and oxygen atoms in total. The summed E-state index contributed by atoms with van der Waals surface area (Å²) >= 11 is 0. The largest absolute Gasteiger partial charge is 0.340 e. The fraction of sp³-hybridized carbons (Fsp3) is 0.368. The van der Waals surface area contributed by atoms with Crippen molar-refractivity contribution in [1.29, 1.82) is 0 Å². The molecule has 1 atom stereocenters. The average molecular weight is 351 g/mol. The van der Waals surface area contributed by atoms with Crippen molar-refractivity contribution in [3.63, 3.8) is 0 Å². The molecule has 1 aliphatic rings. The summed E-state index contributed by atoms with van der Waals surface area (Å²) in [7, 11) is 0. The van der Waals surface area contributed by atoms with E-state index in [2.05, 4.69) is 20.2 Å². The Morgan fingerprint density at radius 1 is 1.27 bits per heavy atom. The van der Waals surface area contributed by atoms with E-state index in [1.165, 1.54) is 0 Å². The van der Waals surface area contributed by atoms with E-state index in [9.17, 15) is 9.59 Å². The molecule has 0 spiro atoms. The average Bonchev–Trinajstić information content (AvgIpc) is 3.26. The predicted molar refractivity (Wildman–Crippen MR) is 98.2 cm³/mol. The normalized spacial score (nSPS) is 17.2. The van der Waals surface area contributed by atoms with Crippen molar-refractivity contribution in [3.8, 4) is 0 Å². The van der Waals surface area contributed by atoms with E-state index in [1.54, 1.807) is 4.90 Å². The summed E-state index contributed by atoms with van der Waals surface area (Å²) in [6.07, 6.45) is 1.66. The van der Waals surface area contributed by atoms with E-state index in [4.69, 9.17) is 0 Å². The fourth-order valence-corrected chi connectivity index (χ4v) is 3.72. The van der Waals surface area contributed by atoms with Crippen LogP contribution >= 0.6 is 0 Å². The van der Waals surface area contributed by atoms with Gasteiger partial charge in [-0.2, -0.15) is 5.10 Å². The van der Waals surface area contributed by atoms with Crippen LogP contribution in [-0.2, 0) is 0 Å². The Bertz CT molecular complexity index is 1070. The molecule has 1 amide bonds. The molecule has 3 heterocycles. The van der Waals surface area contributed by atoms with Gasteiger partial charge in [-0.1, -0.05) is 12.1 Å². The van der Waals surface area contributed by atoms with Crippen LogP contribution in [-0.4, -0.2) is 37.5 Å². The number of fused-ring (bicyclic) bond motifs is 1. The predicted octanol–water partition coefficient (Wildman–Crippen LogP) is 2.55. The van der Waals surface area contributed by atoms with E-state index in [0.29, 0.717) is 17.9 Å². The highest BCUT2D eigenvalue weighted by atomic mass is 16.2. The number of benzene rings is 1. The third-order valence-electron chi connectivity index (χ3n) is 5.21.